The van der Waals surface area contributed by atoms with Crippen molar-refractivity contribution < 1.29 is 14.3 Å². The Balaban J connectivity index is 2.19. The zero-order valence-corrected chi connectivity index (χ0v) is 17.7. The van der Waals surface area contributed by atoms with Gasteiger partial charge in [-0.15, -0.1) is 0 Å². The number of hydrogen-bond donors (Lipinski definition) is 1. The summed E-state index contributed by atoms with van der Waals surface area (Å²) in [4.78, 5) is 14.7. The Morgan fingerprint density at radius 1 is 1.15 bits per heavy atom. The van der Waals surface area contributed by atoms with Crippen LogP contribution in [0.2, 0.25) is 0 Å². The van der Waals surface area contributed by atoms with Gasteiger partial charge < -0.3 is 14.8 Å². The fourth-order valence-electron chi connectivity index (χ4n) is 2.68. The molecule has 140 valence electrons. The van der Waals surface area contributed by atoms with Gasteiger partial charge in [-0.3, -0.25) is 9.69 Å². The number of anilines is 1. The van der Waals surface area contributed by atoms with E-state index < -0.39 is 0 Å². The molecule has 0 bridgehead atoms. The van der Waals surface area contributed by atoms with E-state index in [2.05, 4.69) is 46.7 Å². The number of carbonyl (C=O) groups excluding carboxylic acids is 1. The minimum absolute atomic E-state index is 0.0967. The monoisotopic (exact) mass is 468 g/mol. The van der Waals surface area contributed by atoms with Gasteiger partial charge in [0.05, 0.1) is 7.11 Å². The van der Waals surface area contributed by atoms with Crippen molar-refractivity contribution in [3.05, 3.63) is 51.6 Å². The summed E-state index contributed by atoms with van der Waals surface area (Å²) in [6.07, 6.45) is -0.0967. The summed E-state index contributed by atoms with van der Waals surface area (Å²) in [7, 11) is 1.61. The molecule has 0 aromatic heterocycles. The Bertz CT molecular complexity index is 748. The number of halogens is 1. The van der Waals surface area contributed by atoms with Crippen LogP contribution in [0.25, 0.3) is 0 Å². The van der Waals surface area contributed by atoms with Crippen molar-refractivity contribution in [2.24, 2.45) is 0 Å². The molecule has 5 nitrogen and oxygen atoms in total. The highest BCUT2D eigenvalue weighted by Gasteiger charge is 2.16. The van der Waals surface area contributed by atoms with E-state index in [9.17, 15) is 4.79 Å². The third-order valence-corrected chi connectivity index (χ3v) is 4.80. The van der Waals surface area contributed by atoms with Crippen LogP contribution in [-0.4, -0.2) is 37.2 Å². The topological polar surface area (TPSA) is 50.8 Å². The molecule has 2 aromatic rings. The first kappa shape index (κ1) is 20.5. The van der Waals surface area contributed by atoms with E-state index in [1.54, 1.807) is 31.4 Å². The molecule has 2 rings (SSSR count). The summed E-state index contributed by atoms with van der Waals surface area (Å²) in [6, 6.07) is 12.9. The largest absolute Gasteiger partial charge is 0.493 e. The number of hydrogen-bond acceptors (Lipinski definition) is 4. The average molecular weight is 468 g/mol. The minimum Gasteiger partial charge on any atom is -0.493 e. The van der Waals surface area contributed by atoms with Crippen molar-refractivity contribution in [1.82, 2.24) is 4.90 Å². The smallest absolute Gasteiger partial charge is 0.255 e. The number of methoxy groups -OCH3 is 1. The highest BCUT2D eigenvalue weighted by Crippen LogP contribution is 2.31. The molecule has 0 saturated carbocycles. The molecule has 0 spiro atoms. The van der Waals surface area contributed by atoms with Gasteiger partial charge in [-0.2, -0.15) is 0 Å². The van der Waals surface area contributed by atoms with Crippen LogP contribution in [0.1, 0.15) is 31.1 Å². The molecule has 0 fully saturated rings. The molecule has 0 aliphatic heterocycles. The van der Waals surface area contributed by atoms with E-state index in [-0.39, 0.29) is 12.1 Å². The van der Waals surface area contributed by atoms with Crippen LogP contribution < -0.4 is 14.8 Å². The van der Waals surface area contributed by atoms with Crippen LogP contribution in [-0.2, 0) is 0 Å². The predicted molar refractivity (Wildman–Crippen MR) is 113 cm³/mol. The van der Waals surface area contributed by atoms with Gasteiger partial charge in [0, 0.05) is 20.9 Å². The minimum atomic E-state index is -0.156. The number of nitrogens with one attached hydrogen (secondary N) is 1. The van der Waals surface area contributed by atoms with E-state index in [1.807, 2.05) is 25.1 Å². The lowest BCUT2D eigenvalue weighted by Gasteiger charge is -2.27. The second-order valence-corrected chi connectivity index (χ2v) is 7.01. The molecule has 0 radical (unpaired) electrons. The molecule has 0 heterocycles. The Morgan fingerprint density at radius 2 is 1.88 bits per heavy atom. The van der Waals surface area contributed by atoms with Gasteiger partial charge in [-0.1, -0.05) is 19.9 Å². The summed E-state index contributed by atoms with van der Waals surface area (Å²) in [5.41, 5.74) is 1.28. The van der Waals surface area contributed by atoms with E-state index in [1.165, 1.54) is 0 Å². The van der Waals surface area contributed by atoms with Gasteiger partial charge in [0.2, 0.25) is 0 Å². The van der Waals surface area contributed by atoms with Crippen molar-refractivity contribution in [2.75, 3.05) is 25.5 Å². The summed E-state index contributed by atoms with van der Waals surface area (Å²) in [6.45, 7) is 7.98. The maximum atomic E-state index is 12.5. The van der Waals surface area contributed by atoms with Crippen molar-refractivity contribution >= 4 is 34.2 Å². The van der Waals surface area contributed by atoms with E-state index in [4.69, 9.17) is 9.47 Å². The molecule has 0 saturated heterocycles. The standard InChI is InChI=1S/C20H25IN2O3/c1-5-23(6-2)14(3)26-19-13-17(10-11-18(19)25-4)22-20(24)15-8-7-9-16(21)12-15/h7-14H,5-6H2,1-4H3,(H,22,24). The molecule has 1 unspecified atom stereocenters. The SMILES string of the molecule is CCN(CC)C(C)Oc1cc(NC(=O)c2cccc(I)c2)ccc1OC. The van der Waals surface area contributed by atoms with E-state index in [0.29, 0.717) is 22.7 Å². The van der Waals surface area contributed by atoms with Crippen LogP contribution in [0.3, 0.4) is 0 Å². The zero-order chi connectivity index (χ0) is 19.1. The second-order valence-electron chi connectivity index (χ2n) is 5.77. The molecular weight excluding hydrogens is 443 g/mol. The molecule has 6 heteroatoms. The number of benzene rings is 2. The lowest BCUT2D eigenvalue weighted by molar-refractivity contribution is 0.0459. The molecule has 2 aromatic carbocycles. The highest BCUT2D eigenvalue weighted by atomic mass is 127. The Hall–Kier alpha value is -1.80. The Kier molecular flexibility index (Phi) is 7.71. The van der Waals surface area contributed by atoms with Gasteiger partial charge in [0.25, 0.3) is 5.91 Å². The number of rotatable bonds is 8. The summed E-state index contributed by atoms with van der Waals surface area (Å²) >= 11 is 2.19. The quantitative estimate of drug-likeness (QED) is 0.454. The van der Waals surface area contributed by atoms with Gasteiger partial charge in [0.15, 0.2) is 11.5 Å². The molecule has 0 aliphatic carbocycles. The molecule has 0 aliphatic rings. The molecule has 1 N–H and O–H groups in total. The zero-order valence-electron chi connectivity index (χ0n) is 15.6. The first-order valence-electron chi connectivity index (χ1n) is 8.64. The van der Waals surface area contributed by atoms with Crippen LogP contribution in [0.15, 0.2) is 42.5 Å². The third-order valence-electron chi connectivity index (χ3n) is 4.13. The van der Waals surface area contributed by atoms with Crippen LogP contribution in [0, 0.1) is 3.57 Å². The highest BCUT2D eigenvalue weighted by molar-refractivity contribution is 14.1. The fraction of sp³-hybridized carbons (Fsp3) is 0.350. The lowest BCUT2D eigenvalue weighted by Crippen LogP contribution is -2.36. The van der Waals surface area contributed by atoms with Crippen molar-refractivity contribution in [3.63, 3.8) is 0 Å². The predicted octanol–water partition coefficient (Wildman–Crippen LogP) is 4.62. The average Bonchev–Trinajstić information content (AvgIpc) is 2.63. The maximum Gasteiger partial charge on any atom is 0.255 e. The molecule has 1 amide bonds. The third kappa shape index (κ3) is 5.35. The number of ether oxygens (including phenoxy) is 2. The van der Waals surface area contributed by atoms with Gasteiger partial charge in [-0.05, 0) is 72.9 Å². The van der Waals surface area contributed by atoms with E-state index >= 15 is 0 Å². The first-order chi connectivity index (χ1) is 12.5. The maximum absolute atomic E-state index is 12.5. The number of carbonyl (C=O) groups is 1. The van der Waals surface area contributed by atoms with Gasteiger partial charge in [0.1, 0.15) is 6.23 Å². The van der Waals surface area contributed by atoms with Gasteiger partial charge >= 0.3 is 0 Å². The molecular formula is C20H25IN2O3. The first-order valence-corrected chi connectivity index (χ1v) is 9.72. The molecule has 26 heavy (non-hydrogen) atoms. The van der Waals surface area contributed by atoms with Crippen molar-refractivity contribution in [2.45, 2.75) is 27.0 Å². The summed E-state index contributed by atoms with van der Waals surface area (Å²) in [5.74, 6) is 1.08. The number of amides is 1. The van der Waals surface area contributed by atoms with Crippen molar-refractivity contribution in [3.8, 4) is 11.5 Å². The Morgan fingerprint density at radius 3 is 2.50 bits per heavy atom. The summed E-state index contributed by atoms with van der Waals surface area (Å²) < 4.78 is 12.5. The van der Waals surface area contributed by atoms with E-state index in [0.717, 1.165) is 16.7 Å². The van der Waals surface area contributed by atoms with Gasteiger partial charge in [-0.25, -0.2) is 0 Å². The van der Waals surface area contributed by atoms with Crippen LogP contribution >= 0.6 is 22.6 Å². The number of nitrogens with zero attached hydrogens (tertiary/aromatic N) is 1. The molecule has 1 atom stereocenters. The van der Waals surface area contributed by atoms with Crippen molar-refractivity contribution in [1.29, 1.82) is 0 Å². The van der Waals surface area contributed by atoms with Crippen LogP contribution in [0.5, 0.6) is 11.5 Å². The van der Waals surface area contributed by atoms with Crippen LogP contribution in [0.4, 0.5) is 5.69 Å². The lowest BCUT2D eigenvalue weighted by atomic mass is 10.2. The summed E-state index contributed by atoms with van der Waals surface area (Å²) in [5, 5.41) is 2.92. The second kappa shape index (κ2) is 9.78. The Labute approximate surface area is 168 Å². The fourth-order valence-corrected chi connectivity index (χ4v) is 3.22. The normalized spacial score (nSPS) is 11.9.